The molecular formula is C22H35FN2O2. The van der Waals surface area contributed by atoms with Crippen LogP contribution in [0.25, 0.3) is 0 Å². The van der Waals surface area contributed by atoms with Crippen molar-refractivity contribution in [3.63, 3.8) is 0 Å². The van der Waals surface area contributed by atoms with E-state index in [-0.39, 0.29) is 11.9 Å². The number of para-hydroxylation sites is 1. The molecule has 1 saturated carbocycles. The minimum absolute atomic E-state index is 0.163. The molecule has 1 aliphatic heterocycles. The fourth-order valence-corrected chi connectivity index (χ4v) is 4.86. The molecule has 5 heteroatoms. The van der Waals surface area contributed by atoms with Gasteiger partial charge in [0, 0.05) is 32.7 Å². The third-order valence-corrected chi connectivity index (χ3v) is 5.91. The molecule has 0 spiro atoms. The van der Waals surface area contributed by atoms with Crippen molar-refractivity contribution in [2.45, 2.75) is 52.2 Å². The molecule has 1 aliphatic carbocycles. The molecule has 0 aromatic heterocycles. The first-order valence-electron chi connectivity index (χ1n) is 10.3. The molecule has 4 nitrogen and oxygen atoms in total. The predicted octanol–water partition coefficient (Wildman–Crippen LogP) is 3.54. The second-order valence-corrected chi connectivity index (χ2v) is 9.26. The van der Waals surface area contributed by atoms with E-state index in [4.69, 9.17) is 4.74 Å². The van der Waals surface area contributed by atoms with Gasteiger partial charge < -0.3 is 14.7 Å². The number of halogens is 1. The van der Waals surface area contributed by atoms with Gasteiger partial charge in [-0.05, 0) is 42.7 Å². The van der Waals surface area contributed by atoms with Crippen molar-refractivity contribution in [3.05, 3.63) is 30.1 Å². The first-order chi connectivity index (χ1) is 12.8. The normalized spacial score (nSPS) is 27.5. The van der Waals surface area contributed by atoms with Gasteiger partial charge in [-0.2, -0.15) is 0 Å². The standard InChI is InChI=1S/C22H35FN2O2/c1-17-12-19(14-22(2,3)13-17)27-16-18(26)15-24-8-10-25(11-9-24)21-7-5-4-6-20(21)23/h4-7,17-19,26H,8-16H2,1-3H3/t17-,18-,19+/m0/s1. The third-order valence-electron chi connectivity index (χ3n) is 5.91. The van der Waals surface area contributed by atoms with E-state index in [1.807, 2.05) is 12.1 Å². The summed E-state index contributed by atoms with van der Waals surface area (Å²) in [6.45, 7) is 11.2. The van der Waals surface area contributed by atoms with Gasteiger partial charge in [0.1, 0.15) is 5.82 Å². The summed E-state index contributed by atoms with van der Waals surface area (Å²) in [6, 6.07) is 6.94. The van der Waals surface area contributed by atoms with Crippen molar-refractivity contribution in [1.29, 1.82) is 0 Å². The van der Waals surface area contributed by atoms with Crippen LogP contribution in [0.5, 0.6) is 0 Å². The van der Waals surface area contributed by atoms with Gasteiger partial charge in [-0.3, -0.25) is 4.90 Å². The van der Waals surface area contributed by atoms with Gasteiger partial charge >= 0.3 is 0 Å². The molecule has 2 fully saturated rings. The van der Waals surface area contributed by atoms with Gasteiger partial charge in [-0.15, -0.1) is 0 Å². The number of aliphatic hydroxyl groups excluding tert-OH is 1. The number of rotatable bonds is 6. The third kappa shape index (κ3) is 5.90. The molecule has 2 aliphatic rings. The van der Waals surface area contributed by atoms with E-state index in [1.165, 1.54) is 12.5 Å². The Kier molecular flexibility index (Phi) is 6.77. The quantitative estimate of drug-likeness (QED) is 0.821. The lowest BCUT2D eigenvalue weighted by molar-refractivity contribution is -0.0615. The summed E-state index contributed by atoms with van der Waals surface area (Å²) in [5.74, 6) is 0.520. The second kappa shape index (κ2) is 8.89. The first-order valence-corrected chi connectivity index (χ1v) is 10.3. The molecule has 0 bridgehead atoms. The van der Waals surface area contributed by atoms with E-state index in [9.17, 15) is 9.50 Å². The Labute approximate surface area is 163 Å². The zero-order valence-electron chi connectivity index (χ0n) is 17.0. The summed E-state index contributed by atoms with van der Waals surface area (Å²) in [4.78, 5) is 4.33. The van der Waals surface area contributed by atoms with Gasteiger partial charge in [-0.25, -0.2) is 4.39 Å². The Balaban J connectivity index is 1.39. The molecule has 3 rings (SSSR count). The van der Waals surface area contributed by atoms with Crippen LogP contribution in [-0.4, -0.2) is 61.5 Å². The molecule has 1 saturated heterocycles. The van der Waals surface area contributed by atoms with Crippen LogP contribution >= 0.6 is 0 Å². The zero-order valence-corrected chi connectivity index (χ0v) is 17.0. The van der Waals surface area contributed by atoms with E-state index in [1.54, 1.807) is 6.07 Å². The maximum Gasteiger partial charge on any atom is 0.146 e. The van der Waals surface area contributed by atoms with Gasteiger partial charge in [0.05, 0.1) is 24.5 Å². The number of anilines is 1. The summed E-state index contributed by atoms with van der Waals surface area (Å²) in [5, 5.41) is 10.4. The highest BCUT2D eigenvalue weighted by molar-refractivity contribution is 5.47. The summed E-state index contributed by atoms with van der Waals surface area (Å²) >= 11 is 0. The van der Waals surface area contributed by atoms with Crippen molar-refractivity contribution in [3.8, 4) is 0 Å². The average molecular weight is 379 g/mol. The number of hydrogen-bond donors (Lipinski definition) is 1. The maximum absolute atomic E-state index is 13.9. The van der Waals surface area contributed by atoms with Crippen molar-refractivity contribution in [2.75, 3.05) is 44.2 Å². The van der Waals surface area contributed by atoms with Crippen LogP contribution in [0.15, 0.2) is 24.3 Å². The lowest BCUT2D eigenvalue weighted by atomic mass is 9.71. The highest BCUT2D eigenvalue weighted by Gasteiger charge is 2.33. The number of hydrogen-bond acceptors (Lipinski definition) is 4. The molecule has 0 radical (unpaired) electrons. The Bertz CT molecular complexity index is 602. The Morgan fingerprint density at radius 3 is 2.56 bits per heavy atom. The summed E-state index contributed by atoms with van der Waals surface area (Å²) < 4.78 is 20.0. The molecule has 1 N–H and O–H groups in total. The lowest BCUT2D eigenvalue weighted by Gasteiger charge is -2.39. The van der Waals surface area contributed by atoms with Crippen LogP contribution in [-0.2, 0) is 4.74 Å². The summed E-state index contributed by atoms with van der Waals surface area (Å²) in [7, 11) is 0. The molecule has 1 heterocycles. The van der Waals surface area contributed by atoms with E-state index in [0.717, 1.165) is 39.0 Å². The summed E-state index contributed by atoms with van der Waals surface area (Å²) in [5.41, 5.74) is 1.01. The molecule has 27 heavy (non-hydrogen) atoms. The number of piperazine rings is 1. The van der Waals surface area contributed by atoms with Crippen LogP contribution in [0.2, 0.25) is 0 Å². The van der Waals surface area contributed by atoms with Gasteiger partial charge in [0.15, 0.2) is 0 Å². The lowest BCUT2D eigenvalue weighted by Crippen LogP contribution is -2.49. The molecule has 152 valence electrons. The predicted molar refractivity (Wildman–Crippen MR) is 108 cm³/mol. The van der Waals surface area contributed by atoms with Crippen LogP contribution in [0.3, 0.4) is 0 Å². The smallest absolute Gasteiger partial charge is 0.146 e. The Morgan fingerprint density at radius 1 is 1.19 bits per heavy atom. The number of benzene rings is 1. The molecule has 1 aromatic carbocycles. The molecule has 0 amide bonds. The fraction of sp³-hybridized carbons (Fsp3) is 0.727. The number of aliphatic hydroxyl groups is 1. The molecule has 0 unspecified atom stereocenters. The zero-order chi connectivity index (χ0) is 19.4. The van der Waals surface area contributed by atoms with Crippen LogP contribution < -0.4 is 4.90 Å². The highest BCUT2D eigenvalue weighted by atomic mass is 19.1. The van der Waals surface area contributed by atoms with E-state index in [0.29, 0.717) is 30.2 Å². The van der Waals surface area contributed by atoms with Crippen molar-refractivity contribution in [2.24, 2.45) is 11.3 Å². The number of ether oxygens (including phenoxy) is 1. The first kappa shape index (κ1) is 20.6. The highest BCUT2D eigenvalue weighted by Crippen LogP contribution is 2.39. The molecule has 1 aromatic rings. The van der Waals surface area contributed by atoms with Crippen molar-refractivity contribution >= 4 is 5.69 Å². The second-order valence-electron chi connectivity index (χ2n) is 9.26. The number of β-amino-alcohol motifs (C(OH)–C–C–N with tert-alkyl or cyclic N) is 1. The average Bonchev–Trinajstić information content (AvgIpc) is 2.60. The Morgan fingerprint density at radius 2 is 1.89 bits per heavy atom. The van der Waals surface area contributed by atoms with Gasteiger partial charge in [0.2, 0.25) is 0 Å². The monoisotopic (exact) mass is 378 g/mol. The topological polar surface area (TPSA) is 35.9 Å². The van der Waals surface area contributed by atoms with Crippen LogP contribution in [0.4, 0.5) is 10.1 Å². The van der Waals surface area contributed by atoms with E-state index < -0.39 is 6.10 Å². The molecular weight excluding hydrogens is 343 g/mol. The maximum atomic E-state index is 13.9. The van der Waals surface area contributed by atoms with E-state index >= 15 is 0 Å². The SMILES string of the molecule is C[C@H]1C[C@@H](OC[C@@H](O)CN2CCN(c3ccccc3F)CC2)CC(C)(C)C1. The van der Waals surface area contributed by atoms with Crippen LogP contribution in [0, 0.1) is 17.2 Å². The largest absolute Gasteiger partial charge is 0.389 e. The fourth-order valence-electron chi connectivity index (χ4n) is 4.86. The van der Waals surface area contributed by atoms with Gasteiger partial charge in [-0.1, -0.05) is 32.9 Å². The Hall–Kier alpha value is -1.17. The van der Waals surface area contributed by atoms with Crippen LogP contribution in [0.1, 0.15) is 40.0 Å². The minimum Gasteiger partial charge on any atom is -0.389 e. The van der Waals surface area contributed by atoms with Crippen molar-refractivity contribution in [1.82, 2.24) is 4.90 Å². The van der Waals surface area contributed by atoms with Crippen molar-refractivity contribution < 1.29 is 14.2 Å². The minimum atomic E-state index is -0.467. The van der Waals surface area contributed by atoms with E-state index in [2.05, 4.69) is 30.6 Å². The van der Waals surface area contributed by atoms with Gasteiger partial charge in [0.25, 0.3) is 0 Å². The summed E-state index contributed by atoms with van der Waals surface area (Å²) in [6.07, 6.45) is 3.21. The molecule has 3 atom stereocenters. The number of nitrogens with zero attached hydrogens (tertiary/aromatic N) is 2.